The third-order valence-corrected chi connectivity index (χ3v) is 3.69. The average molecular weight is 288 g/mol. The Labute approximate surface area is 102 Å². The molecule has 1 aliphatic carbocycles. The molecule has 2 N–H and O–H groups in total. The molecule has 1 aromatic rings. The number of rotatable bonds is 3. The van der Waals surface area contributed by atoms with Crippen LogP contribution in [-0.4, -0.2) is 23.7 Å². The number of carbonyl (C=O) groups is 1. The molecule has 2 atom stereocenters. The van der Waals surface area contributed by atoms with E-state index < -0.39 is 0 Å². The van der Waals surface area contributed by atoms with Crippen molar-refractivity contribution in [1.82, 2.24) is 5.32 Å². The van der Waals surface area contributed by atoms with Gasteiger partial charge in [0.2, 0.25) is 0 Å². The van der Waals surface area contributed by atoms with E-state index in [1.165, 1.54) is 6.26 Å². The lowest BCUT2D eigenvalue weighted by Crippen LogP contribution is -2.38. The zero-order valence-electron chi connectivity index (χ0n) is 8.78. The maximum Gasteiger partial charge on any atom is 0.255 e. The minimum absolute atomic E-state index is 0.0827. The number of amides is 1. The molecule has 0 aromatic carbocycles. The monoisotopic (exact) mass is 287 g/mol. The molecule has 0 bridgehead atoms. The van der Waals surface area contributed by atoms with E-state index in [4.69, 9.17) is 9.52 Å². The number of furan rings is 1. The van der Waals surface area contributed by atoms with E-state index in [0.29, 0.717) is 10.2 Å². The number of nitrogens with one attached hydrogen (secondary N) is 1. The van der Waals surface area contributed by atoms with Gasteiger partial charge in [-0.3, -0.25) is 4.79 Å². The Bertz CT molecular complexity index is 377. The Balaban J connectivity index is 2.00. The standard InChI is InChI=1S/C11H14BrNO3/c12-10-8(4-5-16-10)11(15)13-9-3-1-2-7(9)6-14/h4-5,7,9,14H,1-3,6H2,(H,13,15). The van der Waals surface area contributed by atoms with Gasteiger partial charge in [0.05, 0.1) is 11.8 Å². The van der Waals surface area contributed by atoms with Gasteiger partial charge < -0.3 is 14.8 Å². The number of carbonyl (C=O) groups excluding carboxylic acids is 1. The maximum absolute atomic E-state index is 11.9. The summed E-state index contributed by atoms with van der Waals surface area (Å²) in [4.78, 5) is 11.9. The molecule has 88 valence electrons. The van der Waals surface area contributed by atoms with Gasteiger partial charge in [-0.25, -0.2) is 0 Å². The second kappa shape index (κ2) is 5.01. The molecule has 0 aliphatic heterocycles. The van der Waals surface area contributed by atoms with Crippen molar-refractivity contribution in [3.8, 4) is 0 Å². The van der Waals surface area contributed by atoms with E-state index in [9.17, 15) is 4.79 Å². The number of aliphatic hydroxyl groups excluding tert-OH is 1. The summed E-state index contributed by atoms with van der Waals surface area (Å²) in [7, 11) is 0. The molecule has 1 heterocycles. The molecule has 1 saturated carbocycles. The molecule has 1 fully saturated rings. The van der Waals surface area contributed by atoms with Crippen LogP contribution < -0.4 is 5.32 Å². The predicted octanol–water partition coefficient (Wildman–Crippen LogP) is 1.93. The second-order valence-corrected chi connectivity index (χ2v) is 4.78. The fraction of sp³-hybridized carbons (Fsp3) is 0.545. The predicted molar refractivity (Wildman–Crippen MR) is 62.1 cm³/mol. The fourth-order valence-electron chi connectivity index (χ4n) is 2.15. The second-order valence-electron chi connectivity index (χ2n) is 4.06. The summed E-state index contributed by atoms with van der Waals surface area (Å²) in [6.45, 7) is 0.136. The van der Waals surface area contributed by atoms with Gasteiger partial charge in [-0.1, -0.05) is 6.42 Å². The molecular formula is C11H14BrNO3. The quantitative estimate of drug-likeness (QED) is 0.893. The summed E-state index contributed by atoms with van der Waals surface area (Å²) < 4.78 is 5.46. The van der Waals surface area contributed by atoms with Crippen LogP contribution in [0.2, 0.25) is 0 Å². The SMILES string of the molecule is O=C(NC1CCCC1CO)c1ccoc1Br. The molecule has 16 heavy (non-hydrogen) atoms. The Kier molecular flexibility index (Phi) is 3.66. The van der Waals surface area contributed by atoms with E-state index >= 15 is 0 Å². The Morgan fingerprint density at radius 2 is 2.44 bits per heavy atom. The van der Waals surface area contributed by atoms with Crippen molar-refractivity contribution in [3.05, 3.63) is 22.6 Å². The lowest BCUT2D eigenvalue weighted by molar-refractivity contribution is 0.0914. The van der Waals surface area contributed by atoms with Crippen molar-refractivity contribution >= 4 is 21.8 Å². The number of halogens is 1. The Hall–Kier alpha value is -0.810. The van der Waals surface area contributed by atoms with Gasteiger partial charge in [0.15, 0.2) is 4.67 Å². The van der Waals surface area contributed by atoms with Gasteiger partial charge in [0.25, 0.3) is 5.91 Å². The normalized spacial score (nSPS) is 24.6. The van der Waals surface area contributed by atoms with Crippen LogP contribution in [0, 0.1) is 5.92 Å². The maximum atomic E-state index is 11.9. The minimum atomic E-state index is -0.147. The first-order valence-corrected chi connectivity index (χ1v) is 6.16. The highest BCUT2D eigenvalue weighted by molar-refractivity contribution is 9.10. The molecule has 4 nitrogen and oxygen atoms in total. The summed E-state index contributed by atoms with van der Waals surface area (Å²) >= 11 is 3.17. The molecule has 5 heteroatoms. The van der Waals surface area contributed by atoms with Crippen molar-refractivity contribution < 1.29 is 14.3 Å². The first kappa shape index (κ1) is 11.7. The highest BCUT2D eigenvalue weighted by Crippen LogP contribution is 2.26. The van der Waals surface area contributed by atoms with Gasteiger partial charge in [-0.2, -0.15) is 0 Å². The van der Waals surface area contributed by atoms with Crippen LogP contribution in [-0.2, 0) is 0 Å². The summed E-state index contributed by atoms with van der Waals surface area (Å²) in [5.74, 6) is 0.0422. The molecule has 1 aromatic heterocycles. The smallest absolute Gasteiger partial charge is 0.255 e. The zero-order valence-corrected chi connectivity index (χ0v) is 10.4. The fourth-order valence-corrected chi connectivity index (χ4v) is 2.57. The zero-order chi connectivity index (χ0) is 11.5. The highest BCUT2D eigenvalue weighted by Gasteiger charge is 2.28. The highest BCUT2D eigenvalue weighted by atomic mass is 79.9. The van der Waals surface area contributed by atoms with Gasteiger partial charge in [0, 0.05) is 18.6 Å². The Morgan fingerprint density at radius 3 is 3.06 bits per heavy atom. The molecule has 0 radical (unpaired) electrons. The number of hydrogen-bond donors (Lipinski definition) is 2. The summed E-state index contributed by atoms with van der Waals surface area (Å²) in [5, 5.41) is 12.1. The first-order chi connectivity index (χ1) is 7.72. The van der Waals surface area contributed by atoms with Crippen molar-refractivity contribution in [3.63, 3.8) is 0 Å². The third-order valence-electron chi connectivity index (χ3n) is 3.07. The van der Waals surface area contributed by atoms with Gasteiger partial charge in [-0.15, -0.1) is 0 Å². The van der Waals surface area contributed by atoms with E-state index in [-0.39, 0.29) is 24.5 Å². The van der Waals surface area contributed by atoms with Crippen molar-refractivity contribution in [2.75, 3.05) is 6.61 Å². The van der Waals surface area contributed by atoms with Crippen LogP contribution in [0.25, 0.3) is 0 Å². The van der Waals surface area contributed by atoms with E-state index in [0.717, 1.165) is 19.3 Å². The largest absolute Gasteiger partial charge is 0.457 e. The molecule has 1 aliphatic rings. The summed E-state index contributed by atoms with van der Waals surface area (Å²) in [5.41, 5.74) is 0.503. The van der Waals surface area contributed by atoms with Crippen LogP contribution in [0.4, 0.5) is 0 Å². The lowest BCUT2D eigenvalue weighted by Gasteiger charge is -2.18. The van der Waals surface area contributed by atoms with Crippen molar-refractivity contribution in [1.29, 1.82) is 0 Å². The van der Waals surface area contributed by atoms with Crippen molar-refractivity contribution in [2.45, 2.75) is 25.3 Å². The van der Waals surface area contributed by atoms with Crippen LogP contribution in [0.3, 0.4) is 0 Å². The molecule has 2 unspecified atom stereocenters. The van der Waals surface area contributed by atoms with Crippen LogP contribution in [0.5, 0.6) is 0 Å². The molecule has 0 spiro atoms. The summed E-state index contributed by atoms with van der Waals surface area (Å²) in [6, 6.07) is 1.71. The molecule has 2 rings (SSSR count). The van der Waals surface area contributed by atoms with E-state index in [2.05, 4.69) is 21.2 Å². The molecule has 1 amide bonds. The molecular weight excluding hydrogens is 274 g/mol. The third kappa shape index (κ3) is 2.30. The first-order valence-electron chi connectivity index (χ1n) is 5.37. The summed E-state index contributed by atoms with van der Waals surface area (Å²) in [6.07, 6.45) is 4.44. The van der Waals surface area contributed by atoms with Crippen LogP contribution in [0.15, 0.2) is 21.4 Å². The topological polar surface area (TPSA) is 62.5 Å². The van der Waals surface area contributed by atoms with E-state index in [1.54, 1.807) is 6.07 Å². The van der Waals surface area contributed by atoms with Crippen molar-refractivity contribution in [2.24, 2.45) is 5.92 Å². The van der Waals surface area contributed by atoms with Gasteiger partial charge >= 0.3 is 0 Å². The lowest BCUT2D eigenvalue weighted by atomic mass is 10.0. The number of aliphatic hydroxyl groups is 1. The minimum Gasteiger partial charge on any atom is -0.457 e. The van der Waals surface area contributed by atoms with Gasteiger partial charge in [0.1, 0.15) is 0 Å². The van der Waals surface area contributed by atoms with Crippen LogP contribution in [0.1, 0.15) is 29.6 Å². The van der Waals surface area contributed by atoms with Gasteiger partial charge in [-0.05, 0) is 34.8 Å². The van der Waals surface area contributed by atoms with E-state index in [1.807, 2.05) is 0 Å². The Morgan fingerprint density at radius 1 is 1.62 bits per heavy atom. The molecule has 0 saturated heterocycles. The average Bonchev–Trinajstić information content (AvgIpc) is 2.86. The number of hydrogen-bond acceptors (Lipinski definition) is 3. The van der Waals surface area contributed by atoms with Crippen LogP contribution >= 0.6 is 15.9 Å².